The van der Waals surface area contributed by atoms with Gasteiger partial charge in [0.15, 0.2) is 0 Å². The summed E-state index contributed by atoms with van der Waals surface area (Å²) < 4.78 is 0.965. The third-order valence-electron chi connectivity index (χ3n) is 1.99. The number of nitrogens with one attached hydrogen (secondary N) is 1. The van der Waals surface area contributed by atoms with E-state index in [-0.39, 0.29) is 11.4 Å². The van der Waals surface area contributed by atoms with Crippen molar-refractivity contribution in [1.29, 1.82) is 0 Å². The van der Waals surface area contributed by atoms with Crippen molar-refractivity contribution in [2.75, 3.05) is 0 Å². The summed E-state index contributed by atoms with van der Waals surface area (Å²) in [6, 6.07) is 7.48. The van der Waals surface area contributed by atoms with Crippen LogP contribution in [0.25, 0.3) is 6.08 Å². The molecule has 0 aromatic heterocycles. The molecule has 0 aliphatic heterocycles. The maximum absolute atomic E-state index is 10.6. The van der Waals surface area contributed by atoms with Gasteiger partial charge in [0.25, 0.3) is 0 Å². The molecule has 0 saturated carbocycles. The maximum Gasteiger partial charge on any atom is 0.353 e. The first-order chi connectivity index (χ1) is 8.04. The summed E-state index contributed by atoms with van der Waals surface area (Å²) in [5.41, 5.74) is 8.30. The van der Waals surface area contributed by atoms with Gasteiger partial charge in [0, 0.05) is 4.47 Å². The molecule has 17 heavy (non-hydrogen) atoms. The second-order valence-electron chi connectivity index (χ2n) is 3.16. The van der Waals surface area contributed by atoms with Crippen molar-refractivity contribution in [3.05, 3.63) is 51.8 Å². The summed E-state index contributed by atoms with van der Waals surface area (Å²) in [7, 11) is 0. The molecule has 6 N–H and O–H groups in total. The predicted molar refractivity (Wildman–Crippen MR) is 69.3 cm³/mol. The number of halogens is 1. The van der Waals surface area contributed by atoms with Gasteiger partial charge in [-0.3, -0.25) is 5.84 Å². The fourth-order valence-electron chi connectivity index (χ4n) is 1.08. The molecule has 1 rings (SSSR count). The number of carboxylic acids is 1. The minimum absolute atomic E-state index is 0.153. The molecule has 0 aliphatic rings. The number of carboxylic acid groups (broad SMARTS) is 1. The van der Waals surface area contributed by atoms with Gasteiger partial charge in [-0.25, -0.2) is 4.79 Å². The predicted octanol–water partition coefficient (Wildman–Crippen LogP) is 1.18. The first kappa shape index (κ1) is 13.3. The minimum Gasteiger partial charge on any atom is -0.477 e. The van der Waals surface area contributed by atoms with Crippen LogP contribution >= 0.6 is 15.9 Å². The van der Waals surface area contributed by atoms with Crippen LogP contribution in [0.4, 0.5) is 0 Å². The lowest BCUT2D eigenvalue weighted by molar-refractivity contribution is -0.132. The fraction of sp³-hybridized carbons (Fsp3) is 0. The molecule has 5 nitrogen and oxygen atoms in total. The zero-order valence-corrected chi connectivity index (χ0v) is 10.4. The van der Waals surface area contributed by atoms with Gasteiger partial charge in [-0.2, -0.15) is 0 Å². The first-order valence-electron chi connectivity index (χ1n) is 4.68. The molecule has 0 aliphatic carbocycles. The first-order valence-corrected chi connectivity index (χ1v) is 5.47. The van der Waals surface area contributed by atoms with Crippen LogP contribution in [0.5, 0.6) is 0 Å². The molecule has 1 aromatic carbocycles. The van der Waals surface area contributed by atoms with Gasteiger partial charge >= 0.3 is 5.97 Å². The molecule has 0 saturated heterocycles. The Balaban J connectivity index is 2.92. The molecule has 0 heterocycles. The second kappa shape index (κ2) is 6.07. The quantitative estimate of drug-likeness (QED) is 0.289. The lowest BCUT2D eigenvalue weighted by atomic mass is 10.2. The average Bonchev–Trinajstić information content (AvgIpc) is 2.31. The van der Waals surface area contributed by atoms with Gasteiger partial charge in [0.2, 0.25) is 0 Å². The number of allylic oxidation sites excluding steroid dienone is 1. The molecule has 0 bridgehead atoms. The zero-order valence-electron chi connectivity index (χ0n) is 8.85. The van der Waals surface area contributed by atoms with E-state index in [4.69, 9.17) is 16.7 Å². The van der Waals surface area contributed by atoms with Gasteiger partial charge in [-0.1, -0.05) is 34.1 Å². The summed E-state index contributed by atoms with van der Waals surface area (Å²) in [6.45, 7) is 0. The van der Waals surface area contributed by atoms with E-state index in [2.05, 4.69) is 21.4 Å². The Morgan fingerprint density at radius 3 is 2.41 bits per heavy atom. The fourth-order valence-corrected chi connectivity index (χ4v) is 1.35. The van der Waals surface area contributed by atoms with E-state index in [1.807, 2.05) is 24.3 Å². The highest BCUT2D eigenvalue weighted by Gasteiger charge is 2.06. The van der Waals surface area contributed by atoms with E-state index in [0.29, 0.717) is 0 Å². The SMILES string of the molecule is NNC(/C=C/c1ccc(Br)cc1)=C(\N)C(=O)O. The summed E-state index contributed by atoms with van der Waals surface area (Å²) in [5, 5.41) is 8.70. The van der Waals surface area contributed by atoms with Crippen molar-refractivity contribution in [2.45, 2.75) is 0 Å². The highest BCUT2D eigenvalue weighted by molar-refractivity contribution is 9.10. The number of hydrogen-bond acceptors (Lipinski definition) is 4. The molecular formula is C11H12BrN3O2. The second-order valence-corrected chi connectivity index (χ2v) is 4.08. The summed E-state index contributed by atoms with van der Waals surface area (Å²) in [6.07, 6.45) is 3.21. The Bertz CT molecular complexity index is 466. The van der Waals surface area contributed by atoms with Crippen molar-refractivity contribution < 1.29 is 9.90 Å². The van der Waals surface area contributed by atoms with Gasteiger partial charge in [-0.05, 0) is 23.8 Å². The highest BCUT2D eigenvalue weighted by Crippen LogP contribution is 2.12. The van der Waals surface area contributed by atoms with Crippen LogP contribution in [0.15, 0.2) is 46.2 Å². The lowest BCUT2D eigenvalue weighted by Gasteiger charge is -2.03. The molecule has 1 aromatic rings. The molecule has 0 radical (unpaired) electrons. The van der Waals surface area contributed by atoms with Gasteiger partial charge in [0.1, 0.15) is 5.70 Å². The highest BCUT2D eigenvalue weighted by atomic mass is 79.9. The number of nitrogens with two attached hydrogens (primary N) is 2. The van der Waals surface area contributed by atoms with Crippen molar-refractivity contribution in [3.8, 4) is 0 Å². The van der Waals surface area contributed by atoms with Crippen LogP contribution in [0.1, 0.15) is 5.56 Å². The van der Waals surface area contributed by atoms with Crippen LogP contribution in [-0.4, -0.2) is 11.1 Å². The van der Waals surface area contributed by atoms with Crippen LogP contribution in [-0.2, 0) is 4.79 Å². The van der Waals surface area contributed by atoms with Crippen LogP contribution in [0, 0.1) is 0 Å². The number of rotatable bonds is 4. The van der Waals surface area contributed by atoms with Crippen LogP contribution < -0.4 is 17.0 Å². The molecule has 6 heteroatoms. The van der Waals surface area contributed by atoms with Crippen LogP contribution in [0.3, 0.4) is 0 Å². The Hall–Kier alpha value is -1.79. The van der Waals surface area contributed by atoms with Gasteiger partial charge in [0.05, 0.1) is 5.70 Å². The smallest absolute Gasteiger partial charge is 0.353 e. The van der Waals surface area contributed by atoms with E-state index in [1.54, 1.807) is 6.08 Å². The minimum atomic E-state index is -1.22. The van der Waals surface area contributed by atoms with E-state index in [9.17, 15) is 4.79 Å². The summed E-state index contributed by atoms with van der Waals surface area (Å²) in [5.74, 6) is 3.97. The molecule has 0 spiro atoms. The molecule has 90 valence electrons. The monoisotopic (exact) mass is 297 g/mol. The zero-order chi connectivity index (χ0) is 12.8. The lowest BCUT2D eigenvalue weighted by Crippen LogP contribution is -2.26. The Morgan fingerprint density at radius 1 is 1.35 bits per heavy atom. The van der Waals surface area contributed by atoms with E-state index in [0.717, 1.165) is 10.0 Å². The topological polar surface area (TPSA) is 101 Å². The third kappa shape index (κ3) is 3.93. The summed E-state index contributed by atoms with van der Waals surface area (Å²) in [4.78, 5) is 10.6. The van der Waals surface area contributed by atoms with Crippen LogP contribution in [0.2, 0.25) is 0 Å². The summed E-state index contributed by atoms with van der Waals surface area (Å²) >= 11 is 3.32. The van der Waals surface area contributed by atoms with Crippen molar-refractivity contribution in [1.82, 2.24) is 5.43 Å². The Kier molecular flexibility index (Phi) is 4.74. The van der Waals surface area contributed by atoms with Gasteiger partial charge < -0.3 is 16.3 Å². The Labute approximate surface area is 107 Å². The maximum atomic E-state index is 10.6. The Morgan fingerprint density at radius 2 is 1.94 bits per heavy atom. The number of aliphatic carboxylic acids is 1. The molecule has 0 fully saturated rings. The van der Waals surface area contributed by atoms with Crippen molar-refractivity contribution in [3.63, 3.8) is 0 Å². The molecular weight excluding hydrogens is 286 g/mol. The molecule has 0 unspecified atom stereocenters. The average molecular weight is 298 g/mol. The number of carbonyl (C=O) groups is 1. The molecule has 0 atom stereocenters. The number of hydrogen-bond donors (Lipinski definition) is 4. The van der Waals surface area contributed by atoms with Gasteiger partial charge in [-0.15, -0.1) is 0 Å². The normalized spacial score (nSPS) is 12.4. The largest absolute Gasteiger partial charge is 0.477 e. The standard InChI is InChI=1S/C11H12BrN3O2/c12-8-4-1-7(2-5-8)3-6-9(15-14)10(13)11(16)17/h1-6,15H,13-14H2,(H,16,17)/b6-3+,10-9-. The third-order valence-corrected chi connectivity index (χ3v) is 2.52. The molecule has 0 amide bonds. The van der Waals surface area contributed by atoms with E-state index in [1.165, 1.54) is 6.08 Å². The van der Waals surface area contributed by atoms with E-state index < -0.39 is 5.97 Å². The number of benzene rings is 1. The van der Waals surface area contributed by atoms with E-state index >= 15 is 0 Å². The number of hydrazine groups is 1. The van der Waals surface area contributed by atoms with Crippen molar-refractivity contribution >= 4 is 28.0 Å². The van der Waals surface area contributed by atoms with Crippen molar-refractivity contribution in [2.24, 2.45) is 11.6 Å².